The predicted molar refractivity (Wildman–Crippen MR) is 78.6 cm³/mol. The number of carboxylic acid groups (broad SMARTS) is 4. The van der Waals surface area contributed by atoms with Crippen molar-refractivity contribution in [2.75, 3.05) is 13.1 Å². The summed E-state index contributed by atoms with van der Waals surface area (Å²) in [5, 5.41) is 49.6. The van der Waals surface area contributed by atoms with Crippen molar-refractivity contribution in [3.8, 4) is 0 Å². The molecule has 0 aliphatic carbocycles. The molecular formula is C13H22N2O9. The molecule has 138 valence electrons. The second kappa shape index (κ2) is 11.3. The molecule has 2 atom stereocenters. The molecule has 0 aromatic carbocycles. The van der Waals surface area contributed by atoms with Crippen LogP contribution in [0.5, 0.6) is 0 Å². The van der Waals surface area contributed by atoms with Crippen LogP contribution in [0.15, 0.2) is 0 Å². The number of aliphatic hydroxyl groups excluding tert-OH is 1. The van der Waals surface area contributed by atoms with Gasteiger partial charge in [0.1, 0.15) is 12.1 Å². The summed E-state index contributed by atoms with van der Waals surface area (Å²) in [4.78, 5) is 42.8. The Labute approximate surface area is 137 Å². The molecule has 0 bridgehead atoms. The van der Waals surface area contributed by atoms with Gasteiger partial charge in [0, 0.05) is 25.9 Å². The molecule has 0 saturated heterocycles. The number of carbonyl (C=O) groups is 4. The van der Waals surface area contributed by atoms with Crippen molar-refractivity contribution in [2.45, 2.75) is 43.9 Å². The first-order valence-electron chi connectivity index (χ1n) is 7.17. The zero-order chi connectivity index (χ0) is 18.7. The highest BCUT2D eigenvalue weighted by Gasteiger charge is 2.21. The van der Waals surface area contributed by atoms with Crippen molar-refractivity contribution in [1.82, 2.24) is 10.6 Å². The van der Waals surface area contributed by atoms with Crippen molar-refractivity contribution in [3.05, 3.63) is 0 Å². The molecule has 0 amide bonds. The summed E-state index contributed by atoms with van der Waals surface area (Å²) >= 11 is 0. The molecule has 11 nitrogen and oxygen atoms in total. The van der Waals surface area contributed by atoms with Gasteiger partial charge in [0.15, 0.2) is 0 Å². The van der Waals surface area contributed by atoms with E-state index < -0.39 is 42.1 Å². The fourth-order valence-corrected chi connectivity index (χ4v) is 1.79. The van der Waals surface area contributed by atoms with Crippen LogP contribution >= 0.6 is 0 Å². The maximum absolute atomic E-state index is 10.9. The summed E-state index contributed by atoms with van der Waals surface area (Å²) in [7, 11) is 0. The summed E-state index contributed by atoms with van der Waals surface area (Å²) in [5.74, 6) is -4.82. The van der Waals surface area contributed by atoms with E-state index in [0.717, 1.165) is 0 Å². The first kappa shape index (κ1) is 21.8. The van der Waals surface area contributed by atoms with Gasteiger partial charge in [-0.05, 0) is 12.8 Å². The minimum Gasteiger partial charge on any atom is -0.481 e. The Morgan fingerprint density at radius 1 is 0.708 bits per heavy atom. The zero-order valence-electron chi connectivity index (χ0n) is 12.8. The van der Waals surface area contributed by atoms with Gasteiger partial charge in [0.2, 0.25) is 0 Å². The van der Waals surface area contributed by atoms with E-state index in [0.29, 0.717) is 0 Å². The lowest BCUT2D eigenvalue weighted by atomic mass is 10.1. The van der Waals surface area contributed by atoms with E-state index in [-0.39, 0.29) is 38.8 Å². The Bertz CT molecular complexity index is 415. The first-order valence-corrected chi connectivity index (χ1v) is 7.17. The first-order chi connectivity index (χ1) is 11.1. The Balaban J connectivity index is 4.26. The molecule has 0 aliphatic heterocycles. The number of hydrogen-bond acceptors (Lipinski definition) is 7. The number of aliphatic hydroxyl groups is 1. The molecule has 0 heterocycles. The van der Waals surface area contributed by atoms with Crippen LogP contribution in [0.3, 0.4) is 0 Å². The molecule has 0 aromatic rings. The molecule has 24 heavy (non-hydrogen) atoms. The summed E-state index contributed by atoms with van der Waals surface area (Å²) in [5.41, 5.74) is 0. The molecule has 7 N–H and O–H groups in total. The SMILES string of the molecule is O=C(O)CCC(NCC(O)CNC(CCC(=O)O)C(=O)O)C(=O)O. The van der Waals surface area contributed by atoms with Crippen molar-refractivity contribution >= 4 is 23.9 Å². The highest BCUT2D eigenvalue weighted by Crippen LogP contribution is 2.00. The third kappa shape index (κ3) is 10.5. The van der Waals surface area contributed by atoms with Gasteiger partial charge < -0.3 is 36.2 Å². The number of carboxylic acids is 4. The predicted octanol–water partition coefficient (Wildman–Crippen LogP) is -1.84. The van der Waals surface area contributed by atoms with Gasteiger partial charge in [0.25, 0.3) is 0 Å². The minimum absolute atomic E-state index is 0.165. The molecule has 0 aliphatic rings. The number of hydrogen-bond donors (Lipinski definition) is 7. The topological polar surface area (TPSA) is 193 Å². The third-order valence-corrected chi connectivity index (χ3v) is 3.09. The Morgan fingerprint density at radius 2 is 1.04 bits per heavy atom. The van der Waals surface area contributed by atoms with E-state index in [1.165, 1.54) is 0 Å². The van der Waals surface area contributed by atoms with E-state index >= 15 is 0 Å². The maximum Gasteiger partial charge on any atom is 0.320 e. The quantitative estimate of drug-likeness (QED) is 0.186. The lowest BCUT2D eigenvalue weighted by Crippen LogP contribution is -2.47. The molecule has 0 spiro atoms. The number of aliphatic carboxylic acids is 4. The summed E-state index contributed by atoms with van der Waals surface area (Å²) in [6, 6.07) is -2.31. The molecular weight excluding hydrogens is 328 g/mol. The highest BCUT2D eigenvalue weighted by molar-refractivity contribution is 5.75. The molecule has 0 radical (unpaired) electrons. The third-order valence-electron chi connectivity index (χ3n) is 3.09. The second-order valence-corrected chi connectivity index (χ2v) is 5.12. The Kier molecular flexibility index (Phi) is 10.3. The second-order valence-electron chi connectivity index (χ2n) is 5.12. The summed E-state index contributed by atoms with van der Waals surface area (Å²) in [6.07, 6.45) is -2.17. The summed E-state index contributed by atoms with van der Waals surface area (Å²) in [6.45, 7) is -0.399. The molecule has 11 heteroatoms. The lowest BCUT2D eigenvalue weighted by molar-refractivity contribution is -0.142. The number of rotatable bonds is 14. The molecule has 0 rings (SSSR count). The molecule has 0 fully saturated rings. The highest BCUT2D eigenvalue weighted by atomic mass is 16.4. The van der Waals surface area contributed by atoms with Gasteiger partial charge in [-0.25, -0.2) is 0 Å². The normalized spacial score (nSPS) is 14.5. The zero-order valence-corrected chi connectivity index (χ0v) is 12.8. The van der Waals surface area contributed by atoms with Crippen LogP contribution in [0.25, 0.3) is 0 Å². The average molecular weight is 350 g/mol. The number of nitrogens with one attached hydrogen (secondary N) is 2. The van der Waals surface area contributed by atoms with Crippen LogP contribution in [0.4, 0.5) is 0 Å². The minimum atomic E-state index is -1.26. The lowest BCUT2D eigenvalue weighted by Gasteiger charge is -2.19. The van der Waals surface area contributed by atoms with Crippen molar-refractivity contribution < 1.29 is 44.7 Å². The van der Waals surface area contributed by atoms with Crippen LogP contribution in [0.2, 0.25) is 0 Å². The molecule has 0 saturated carbocycles. The van der Waals surface area contributed by atoms with E-state index in [9.17, 15) is 24.3 Å². The standard InChI is InChI=1S/C13H22N2O9/c16-7(5-14-8(12(21)22)1-3-10(17)18)6-15-9(13(23)24)2-4-11(19)20/h7-9,14-16H,1-6H2,(H,17,18)(H,19,20)(H,21,22)(H,23,24). The van der Waals surface area contributed by atoms with Gasteiger partial charge in [-0.2, -0.15) is 0 Å². The van der Waals surface area contributed by atoms with Gasteiger partial charge in [-0.15, -0.1) is 0 Å². The van der Waals surface area contributed by atoms with Crippen molar-refractivity contribution in [1.29, 1.82) is 0 Å². The monoisotopic (exact) mass is 350 g/mol. The van der Waals surface area contributed by atoms with E-state index in [4.69, 9.17) is 20.4 Å². The van der Waals surface area contributed by atoms with Crippen molar-refractivity contribution in [3.63, 3.8) is 0 Å². The van der Waals surface area contributed by atoms with E-state index in [2.05, 4.69) is 10.6 Å². The molecule has 0 aromatic heterocycles. The maximum atomic E-state index is 10.9. The van der Waals surface area contributed by atoms with Gasteiger partial charge in [-0.3, -0.25) is 19.2 Å². The largest absolute Gasteiger partial charge is 0.481 e. The van der Waals surface area contributed by atoms with Crippen LogP contribution < -0.4 is 10.6 Å². The fraction of sp³-hybridized carbons (Fsp3) is 0.692. The Morgan fingerprint density at radius 3 is 1.29 bits per heavy atom. The van der Waals surface area contributed by atoms with Gasteiger partial charge in [-0.1, -0.05) is 0 Å². The molecule has 2 unspecified atom stereocenters. The van der Waals surface area contributed by atoms with Crippen molar-refractivity contribution in [2.24, 2.45) is 0 Å². The smallest absolute Gasteiger partial charge is 0.320 e. The van der Waals surface area contributed by atoms with E-state index in [1.807, 2.05) is 0 Å². The van der Waals surface area contributed by atoms with Crippen LogP contribution in [-0.4, -0.2) is 80.7 Å². The van der Waals surface area contributed by atoms with Crippen LogP contribution in [0.1, 0.15) is 25.7 Å². The van der Waals surface area contributed by atoms with E-state index in [1.54, 1.807) is 0 Å². The van der Waals surface area contributed by atoms with Gasteiger partial charge in [0.05, 0.1) is 6.10 Å². The fourth-order valence-electron chi connectivity index (χ4n) is 1.79. The average Bonchev–Trinajstić information content (AvgIpc) is 2.45. The van der Waals surface area contributed by atoms with Gasteiger partial charge >= 0.3 is 23.9 Å². The van der Waals surface area contributed by atoms with Crippen LogP contribution in [0, 0.1) is 0 Å². The van der Waals surface area contributed by atoms with Crippen LogP contribution in [-0.2, 0) is 19.2 Å². The summed E-state index contributed by atoms with van der Waals surface area (Å²) < 4.78 is 0. The Hall–Kier alpha value is -2.24.